The Balaban J connectivity index is 1.31. The number of nitrogens with one attached hydrogen (secondary N) is 1. The summed E-state index contributed by atoms with van der Waals surface area (Å²) in [7, 11) is 0. The van der Waals surface area contributed by atoms with E-state index in [-0.39, 0.29) is 12.0 Å². The molecule has 0 bridgehead atoms. The zero-order valence-electron chi connectivity index (χ0n) is 14.5. The SMILES string of the molecule is O=C(Cc1ccc(-n2cccc2)cc1)Nc1cnn(CC2CCCO2)c1. The lowest BCUT2D eigenvalue weighted by atomic mass is 10.1. The number of hydrogen-bond acceptors (Lipinski definition) is 3. The van der Waals surface area contributed by atoms with Gasteiger partial charge in [0.2, 0.25) is 5.91 Å². The molecule has 1 unspecified atom stereocenters. The molecule has 134 valence electrons. The number of anilines is 1. The average molecular weight is 350 g/mol. The van der Waals surface area contributed by atoms with E-state index >= 15 is 0 Å². The van der Waals surface area contributed by atoms with Crippen LogP contribution in [0.4, 0.5) is 5.69 Å². The lowest BCUT2D eigenvalue weighted by molar-refractivity contribution is -0.115. The number of rotatable bonds is 6. The number of ether oxygens (including phenoxy) is 1. The molecule has 1 fully saturated rings. The van der Waals surface area contributed by atoms with Gasteiger partial charge in [0.05, 0.1) is 31.0 Å². The fourth-order valence-corrected chi connectivity index (χ4v) is 3.21. The predicted molar refractivity (Wildman–Crippen MR) is 99.3 cm³/mol. The average Bonchev–Trinajstić information content (AvgIpc) is 3.39. The normalized spacial score (nSPS) is 16.7. The smallest absolute Gasteiger partial charge is 0.228 e. The number of nitrogens with zero attached hydrogens (tertiary/aromatic N) is 3. The summed E-state index contributed by atoms with van der Waals surface area (Å²) in [5.74, 6) is -0.0459. The van der Waals surface area contributed by atoms with Crippen molar-refractivity contribution in [1.82, 2.24) is 14.3 Å². The van der Waals surface area contributed by atoms with Crippen LogP contribution >= 0.6 is 0 Å². The van der Waals surface area contributed by atoms with Gasteiger partial charge in [-0.05, 0) is 42.7 Å². The van der Waals surface area contributed by atoms with E-state index in [0.29, 0.717) is 6.42 Å². The summed E-state index contributed by atoms with van der Waals surface area (Å²) in [6, 6.07) is 12.0. The Kier molecular flexibility index (Phi) is 4.84. The third kappa shape index (κ3) is 4.03. The fraction of sp³-hybridized carbons (Fsp3) is 0.300. The van der Waals surface area contributed by atoms with Gasteiger partial charge in [-0.1, -0.05) is 12.1 Å². The molecule has 1 aliphatic heterocycles. The number of amides is 1. The van der Waals surface area contributed by atoms with Crippen LogP contribution < -0.4 is 5.32 Å². The molecule has 1 atom stereocenters. The highest BCUT2D eigenvalue weighted by molar-refractivity contribution is 5.92. The Hall–Kier alpha value is -2.86. The van der Waals surface area contributed by atoms with Gasteiger partial charge in [0.1, 0.15) is 0 Å². The van der Waals surface area contributed by atoms with Crippen LogP contribution in [0.15, 0.2) is 61.2 Å². The highest BCUT2D eigenvalue weighted by atomic mass is 16.5. The van der Waals surface area contributed by atoms with Gasteiger partial charge in [-0.3, -0.25) is 9.48 Å². The number of carbonyl (C=O) groups excluding carboxylic acids is 1. The first-order valence-electron chi connectivity index (χ1n) is 8.92. The summed E-state index contributed by atoms with van der Waals surface area (Å²) in [6.07, 6.45) is 10.3. The van der Waals surface area contributed by atoms with Gasteiger partial charge < -0.3 is 14.6 Å². The summed E-state index contributed by atoms with van der Waals surface area (Å²) in [5, 5.41) is 7.21. The molecule has 2 aromatic heterocycles. The molecule has 0 radical (unpaired) electrons. The van der Waals surface area contributed by atoms with E-state index < -0.39 is 0 Å². The van der Waals surface area contributed by atoms with E-state index in [1.807, 2.05) is 64.2 Å². The monoisotopic (exact) mass is 350 g/mol. The standard InChI is InChI=1S/C20H22N4O2/c25-20(12-16-5-7-18(8-6-16)23-9-1-2-10-23)22-17-13-21-24(14-17)15-19-4-3-11-26-19/h1-2,5-10,13-14,19H,3-4,11-12,15H2,(H,22,25). The Morgan fingerprint density at radius 2 is 2.04 bits per heavy atom. The van der Waals surface area contributed by atoms with Crippen molar-refractivity contribution < 1.29 is 9.53 Å². The fourth-order valence-electron chi connectivity index (χ4n) is 3.21. The van der Waals surface area contributed by atoms with Gasteiger partial charge >= 0.3 is 0 Å². The third-order valence-corrected chi connectivity index (χ3v) is 4.54. The highest BCUT2D eigenvalue weighted by Crippen LogP contribution is 2.15. The molecule has 6 heteroatoms. The topological polar surface area (TPSA) is 61.1 Å². The van der Waals surface area contributed by atoms with Gasteiger partial charge in [0.25, 0.3) is 0 Å². The maximum absolute atomic E-state index is 12.3. The first-order chi connectivity index (χ1) is 12.8. The van der Waals surface area contributed by atoms with Gasteiger partial charge in [-0.2, -0.15) is 5.10 Å². The van der Waals surface area contributed by atoms with Crippen LogP contribution in [-0.2, 0) is 22.5 Å². The van der Waals surface area contributed by atoms with Crippen LogP contribution in [0, 0.1) is 0 Å². The molecule has 1 N–H and O–H groups in total. The Labute approximate surface area is 152 Å². The molecule has 6 nitrogen and oxygen atoms in total. The van der Waals surface area contributed by atoms with Crippen molar-refractivity contribution in [1.29, 1.82) is 0 Å². The van der Waals surface area contributed by atoms with E-state index in [1.54, 1.807) is 6.20 Å². The minimum absolute atomic E-state index is 0.0459. The molecule has 26 heavy (non-hydrogen) atoms. The van der Waals surface area contributed by atoms with Crippen LogP contribution in [0.3, 0.4) is 0 Å². The van der Waals surface area contributed by atoms with Crippen molar-refractivity contribution in [3.05, 3.63) is 66.7 Å². The van der Waals surface area contributed by atoms with E-state index in [0.717, 1.165) is 42.9 Å². The van der Waals surface area contributed by atoms with Crippen molar-refractivity contribution in [2.45, 2.75) is 31.9 Å². The zero-order valence-corrected chi connectivity index (χ0v) is 14.5. The molecule has 4 rings (SSSR count). The van der Waals surface area contributed by atoms with Gasteiger partial charge in [-0.15, -0.1) is 0 Å². The molecule has 1 aliphatic rings. The summed E-state index contributed by atoms with van der Waals surface area (Å²) in [6.45, 7) is 1.56. The maximum Gasteiger partial charge on any atom is 0.228 e. The number of aromatic nitrogens is 3. The minimum atomic E-state index is -0.0459. The zero-order chi connectivity index (χ0) is 17.8. The first-order valence-corrected chi connectivity index (χ1v) is 8.92. The van der Waals surface area contributed by atoms with Crippen LogP contribution in [-0.4, -0.2) is 33.0 Å². The molecule has 1 aromatic carbocycles. The van der Waals surface area contributed by atoms with E-state index in [9.17, 15) is 4.79 Å². The van der Waals surface area contributed by atoms with Crippen LogP contribution in [0.1, 0.15) is 18.4 Å². The lowest BCUT2D eigenvalue weighted by Gasteiger charge is -2.08. The van der Waals surface area contributed by atoms with Gasteiger partial charge in [0, 0.05) is 30.9 Å². The highest BCUT2D eigenvalue weighted by Gasteiger charge is 2.16. The van der Waals surface area contributed by atoms with Crippen LogP contribution in [0.5, 0.6) is 0 Å². The van der Waals surface area contributed by atoms with Crippen molar-refractivity contribution in [3.8, 4) is 5.69 Å². The largest absolute Gasteiger partial charge is 0.376 e. The van der Waals surface area contributed by atoms with Gasteiger partial charge in [0.15, 0.2) is 0 Å². The van der Waals surface area contributed by atoms with Crippen molar-refractivity contribution in [2.24, 2.45) is 0 Å². The third-order valence-electron chi connectivity index (χ3n) is 4.54. The van der Waals surface area contributed by atoms with Crippen LogP contribution in [0.25, 0.3) is 5.69 Å². The second kappa shape index (κ2) is 7.58. The van der Waals surface area contributed by atoms with Gasteiger partial charge in [-0.25, -0.2) is 0 Å². The van der Waals surface area contributed by atoms with Crippen LogP contribution in [0.2, 0.25) is 0 Å². The lowest BCUT2D eigenvalue weighted by Crippen LogP contribution is -2.15. The van der Waals surface area contributed by atoms with Crippen molar-refractivity contribution in [2.75, 3.05) is 11.9 Å². The molecule has 0 spiro atoms. The molecular formula is C20H22N4O2. The van der Waals surface area contributed by atoms with E-state index in [4.69, 9.17) is 4.74 Å². The second-order valence-corrected chi connectivity index (χ2v) is 6.57. The Morgan fingerprint density at radius 3 is 2.77 bits per heavy atom. The predicted octanol–water partition coefficient (Wildman–Crippen LogP) is 3.03. The molecule has 3 aromatic rings. The quantitative estimate of drug-likeness (QED) is 0.743. The van der Waals surface area contributed by atoms with Crippen molar-refractivity contribution >= 4 is 11.6 Å². The molecule has 0 aliphatic carbocycles. The Morgan fingerprint density at radius 1 is 1.23 bits per heavy atom. The molecule has 1 amide bonds. The van der Waals surface area contributed by atoms with E-state index in [1.165, 1.54) is 0 Å². The summed E-state index contributed by atoms with van der Waals surface area (Å²) < 4.78 is 9.48. The summed E-state index contributed by atoms with van der Waals surface area (Å²) in [5.41, 5.74) is 2.77. The first kappa shape index (κ1) is 16.6. The minimum Gasteiger partial charge on any atom is -0.376 e. The van der Waals surface area contributed by atoms with E-state index in [2.05, 4.69) is 10.4 Å². The Bertz CT molecular complexity index is 846. The number of benzene rings is 1. The van der Waals surface area contributed by atoms with Crippen molar-refractivity contribution in [3.63, 3.8) is 0 Å². The summed E-state index contributed by atoms with van der Waals surface area (Å²) >= 11 is 0. The summed E-state index contributed by atoms with van der Waals surface area (Å²) in [4.78, 5) is 12.3. The second-order valence-electron chi connectivity index (χ2n) is 6.57. The molecule has 3 heterocycles. The maximum atomic E-state index is 12.3. The number of carbonyl (C=O) groups is 1. The molecule has 0 saturated carbocycles. The molecular weight excluding hydrogens is 328 g/mol. The molecule has 1 saturated heterocycles. The number of hydrogen-bond donors (Lipinski definition) is 1.